The quantitative estimate of drug-likeness (QED) is 0.867. The third-order valence-corrected chi connectivity index (χ3v) is 5.40. The molecular formula is C13H14FN3O3S. The largest absolute Gasteiger partial charge is 0.338 e. The zero-order valence-electron chi connectivity index (χ0n) is 11.4. The predicted octanol–water partition coefficient (Wildman–Crippen LogP) is 2.04. The SMILES string of the molecule is Cc1noc(C2CCCN2S(=O)(=O)c2ccccc2F)n1. The zero-order valence-corrected chi connectivity index (χ0v) is 12.2. The van der Waals surface area contributed by atoms with Gasteiger partial charge in [0, 0.05) is 6.54 Å². The molecule has 1 unspecified atom stereocenters. The van der Waals surface area contributed by atoms with E-state index >= 15 is 0 Å². The Labute approximate surface area is 121 Å². The molecule has 2 heterocycles. The second-order valence-corrected chi connectivity index (χ2v) is 6.74. The Morgan fingerprint density at radius 2 is 2.14 bits per heavy atom. The highest BCUT2D eigenvalue weighted by molar-refractivity contribution is 7.89. The van der Waals surface area contributed by atoms with Crippen LogP contribution in [-0.2, 0) is 10.0 Å². The van der Waals surface area contributed by atoms with Gasteiger partial charge in [-0.15, -0.1) is 0 Å². The molecule has 0 radical (unpaired) electrons. The lowest BCUT2D eigenvalue weighted by atomic mass is 10.2. The molecule has 0 N–H and O–H groups in total. The standard InChI is InChI=1S/C13H14FN3O3S/c1-9-15-13(20-16-9)11-6-4-8-17(11)21(18,19)12-7-3-2-5-10(12)14/h2-3,5,7,11H,4,6,8H2,1H3. The first-order chi connectivity index (χ1) is 10.00. The average molecular weight is 311 g/mol. The minimum absolute atomic E-state index is 0.255. The molecule has 8 heteroatoms. The van der Waals surface area contributed by atoms with Crippen LogP contribution in [0.25, 0.3) is 0 Å². The third-order valence-electron chi connectivity index (χ3n) is 3.46. The maximum atomic E-state index is 13.8. The highest BCUT2D eigenvalue weighted by atomic mass is 32.2. The monoisotopic (exact) mass is 311 g/mol. The highest BCUT2D eigenvalue weighted by Crippen LogP contribution is 2.36. The first-order valence-corrected chi connectivity index (χ1v) is 8.01. The van der Waals surface area contributed by atoms with Crippen LogP contribution in [0.15, 0.2) is 33.7 Å². The van der Waals surface area contributed by atoms with Crippen LogP contribution in [0.5, 0.6) is 0 Å². The Morgan fingerprint density at radius 3 is 2.81 bits per heavy atom. The minimum Gasteiger partial charge on any atom is -0.338 e. The molecule has 0 spiro atoms. The molecule has 0 aliphatic carbocycles. The molecule has 1 aromatic heterocycles. The molecule has 6 nitrogen and oxygen atoms in total. The Kier molecular flexibility index (Phi) is 3.50. The van der Waals surface area contributed by atoms with E-state index in [0.717, 1.165) is 6.07 Å². The maximum Gasteiger partial charge on any atom is 0.246 e. The summed E-state index contributed by atoms with van der Waals surface area (Å²) in [4.78, 5) is 3.77. The van der Waals surface area contributed by atoms with Gasteiger partial charge in [-0.25, -0.2) is 12.8 Å². The Morgan fingerprint density at radius 1 is 1.38 bits per heavy atom. The normalized spacial score (nSPS) is 20.0. The van der Waals surface area contributed by atoms with Gasteiger partial charge in [0.1, 0.15) is 16.8 Å². The van der Waals surface area contributed by atoms with Crippen LogP contribution in [-0.4, -0.2) is 29.4 Å². The van der Waals surface area contributed by atoms with E-state index in [4.69, 9.17) is 4.52 Å². The lowest BCUT2D eigenvalue weighted by Crippen LogP contribution is -2.31. The van der Waals surface area contributed by atoms with E-state index < -0.39 is 21.9 Å². The van der Waals surface area contributed by atoms with Crippen molar-refractivity contribution >= 4 is 10.0 Å². The highest BCUT2D eigenvalue weighted by Gasteiger charge is 2.40. The minimum atomic E-state index is -3.93. The number of rotatable bonds is 3. The molecule has 0 bridgehead atoms. The van der Waals surface area contributed by atoms with Crippen LogP contribution in [0, 0.1) is 12.7 Å². The summed E-state index contributed by atoms with van der Waals surface area (Å²) in [7, 11) is -3.93. The van der Waals surface area contributed by atoms with Gasteiger partial charge in [-0.1, -0.05) is 17.3 Å². The number of halogens is 1. The number of nitrogens with zero attached hydrogens (tertiary/aromatic N) is 3. The van der Waals surface area contributed by atoms with E-state index in [1.54, 1.807) is 6.92 Å². The summed E-state index contributed by atoms with van der Waals surface area (Å²) in [5.74, 6) is -0.0603. The molecule has 0 amide bonds. The number of hydrogen-bond acceptors (Lipinski definition) is 5. The van der Waals surface area contributed by atoms with Crippen LogP contribution in [0.3, 0.4) is 0 Å². The van der Waals surface area contributed by atoms with Crippen molar-refractivity contribution in [3.8, 4) is 0 Å². The summed E-state index contributed by atoms with van der Waals surface area (Å²) in [5, 5.41) is 3.69. The van der Waals surface area contributed by atoms with Crippen molar-refractivity contribution < 1.29 is 17.3 Å². The van der Waals surface area contributed by atoms with Gasteiger partial charge in [-0.3, -0.25) is 0 Å². The average Bonchev–Trinajstić information content (AvgIpc) is 3.07. The topological polar surface area (TPSA) is 76.3 Å². The van der Waals surface area contributed by atoms with Crippen LogP contribution in [0.1, 0.15) is 30.6 Å². The molecule has 2 aromatic rings. The van der Waals surface area contributed by atoms with Crippen LogP contribution in [0.2, 0.25) is 0 Å². The van der Waals surface area contributed by atoms with Gasteiger partial charge in [-0.05, 0) is 31.9 Å². The first kappa shape index (κ1) is 14.2. The van der Waals surface area contributed by atoms with Gasteiger partial charge in [0.15, 0.2) is 5.82 Å². The van der Waals surface area contributed by atoms with Crippen LogP contribution >= 0.6 is 0 Å². The smallest absolute Gasteiger partial charge is 0.246 e. The van der Waals surface area contributed by atoms with E-state index in [2.05, 4.69) is 10.1 Å². The molecule has 1 fully saturated rings. The molecule has 112 valence electrons. The lowest BCUT2D eigenvalue weighted by molar-refractivity contribution is 0.289. The number of aryl methyl sites for hydroxylation is 1. The molecule has 1 aliphatic rings. The molecule has 0 saturated carbocycles. The van der Waals surface area contributed by atoms with Gasteiger partial charge >= 0.3 is 0 Å². The van der Waals surface area contributed by atoms with Crippen molar-refractivity contribution in [3.63, 3.8) is 0 Å². The second-order valence-electron chi connectivity index (χ2n) is 4.88. The van der Waals surface area contributed by atoms with Crippen LogP contribution in [0.4, 0.5) is 4.39 Å². The predicted molar refractivity (Wildman–Crippen MR) is 71.3 cm³/mol. The Hall–Kier alpha value is -1.80. The molecule has 21 heavy (non-hydrogen) atoms. The number of hydrogen-bond donors (Lipinski definition) is 0. The van der Waals surface area contributed by atoms with E-state index in [9.17, 15) is 12.8 Å². The summed E-state index contributed by atoms with van der Waals surface area (Å²) in [5.41, 5.74) is 0. The van der Waals surface area contributed by atoms with Gasteiger partial charge in [-0.2, -0.15) is 9.29 Å². The van der Waals surface area contributed by atoms with Crippen molar-refractivity contribution in [1.82, 2.24) is 14.4 Å². The van der Waals surface area contributed by atoms with Gasteiger partial charge in [0.05, 0.1) is 0 Å². The summed E-state index contributed by atoms with van der Waals surface area (Å²) in [6.45, 7) is 1.97. The van der Waals surface area contributed by atoms with Crippen molar-refractivity contribution in [3.05, 3.63) is 41.8 Å². The van der Waals surface area contributed by atoms with Gasteiger partial charge in [0.25, 0.3) is 0 Å². The fraction of sp³-hybridized carbons (Fsp3) is 0.385. The zero-order chi connectivity index (χ0) is 15.0. The number of aromatic nitrogens is 2. The van der Waals surface area contributed by atoms with E-state index in [1.807, 2.05) is 0 Å². The summed E-state index contributed by atoms with van der Waals surface area (Å²) < 4.78 is 45.4. The summed E-state index contributed by atoms with van der Waals surface area (Å²) in [6, 6.07) is 4.82. The Bertz CT molecular complexity index is 760. The first-order valence-electron chi connectivity index (χ1n) is 6.57. The van der Waals surface area contributed by atoms with Gasteiger partial charge in [0.2, 0.25) is 15.9 Å². The van der Waals surface area contributed by atoms with Crippen molar-refractivity contribution in [2.24, 2.45) is 0 Å². The third kappa shape index (κ3) is 2.44. The second kappa shape index (κ2) is 5.19. The molecular weight excluding hydrogens is 297 g/mol. The maximum absolute atomic E-state index is 13.8. The molecule has 1 aliphatic heterocycles. The summed E-state index contributed by atoms with van der Waals surface area (Å²) in [6.07, 6.45) is 1.25. The molecule has 1 aromatic carbocycles. The lowest BCUT2D eigenvalue weighted by Gasteiger charge is -2.21. The molecule has 3 rings (SSSR count). The molecule has 1 saturated heterocycles. The fourth-order valence-electron chi connectivity index (χ4n) is 2.50. The van der Waals surface area contributed by atoms with Gasteiger partial charge < -0.3 is 4.52 Å². The van der Waals surface area contributed by atoms with Crippen molar-refractivity contribution in [2.75, 3.05) is 6.54 Å². The Balaban J connectivity index is 2.00. The fourth-order valence-corrected chi connectivity index (χ4v) is 4.22. The van der Waals surface area contributed by atoms with E-state index in [-0.39, 0.29) is 10.8 Å². The van der Waals surface area contributed by atoms with Crippen LogP contribution < -0.4 is 0 Å². The van der Waals surface area contributed by atoms with E-state index in [0.29, 0.717) is 25.2 Å². The van der Waals surface area contributed by atoms with Crippen molar-refractivity contribution in [2.45, 2.75) is 30.7 Å². The number of sulfonamides is 1. The molecule has 1 atom stereocenters. The van der Waals surface area contributed by atoms with Crippen molar-refractivity contribution in [1.29, 1.82) is 0 Å². The summed E-state index contributed by atoms with van der Waals surface area (Å²) >= 11 is 0. The number of benzene rings is 1. The van der Waals surface area contributed by atoms with E-state index in [1.165, 1.54) is 22.5 Å².